The van der Waals surface area contributed by atoms with Gasteiger partial charge in [0.1, 0.15) is 0 Å². The topological polar surface area (TPSA) is 44.0 Å². The third-order valence-corrected chi connectivity index (χ3v) is 3.36. The monoisotopic (exact) mass is 227 g/mol. The molecule has 2 heteroatoms. The van der Waals surface area contributed by atoms with Crippen molar-refractivity contribution in [3.05, 3.63) is 41.5 Å². The van der Waals surface area contributed by atoms with Gasteiger partial charge in [-0.25, -0.2) is 0 Å². The largest absolute Gasteiger partial charge is 0.393 e. The number of nitriles is 1. The predicted molar refractivity (Wildman–Crippen MR) is 68.2 cm³/mol. The average Bonchev–Trinajstić information content (AvgIpc) is 2.38. The second kappa shape index (κ2) is 5.65. The van der Waals surface area contributed by atoms with Gasteiger partial charge in [-0.1, -0.05) is 37.1 Å². The molecule has 0 amide bonds. The number of hydrogen-bond donors (Lipinski definition) is 1. The molecule has 1 aromatic rings. The van der Waals surface area contributed by atoms with Gasteiger partial charge in [0.2, 0.25) is 0 Å². The van der Waals surface area contributed by atoms with Crippen LogP contribution in [0.4, 0.5) is 0 Å². The zero-order valence-electron chi connectivity index (χ0n) is 9.84. The summed E-state index contributed by atoms with van der Waals surface area (Å²) in [5.74, 6) is 0.291. The van der Waals surface area contributed by atoms with Crippen LogP contribution in [0.15, 0.2) is 30.3 Å². The van der Waals surface area contributed by atoms with Gasteiger partial charge < -0.3 is 5.11 Å². The molecule has 0 heterocycles. The fourth-order valence-corrected chi connectivity index (χ4v) is 2.27. The molecule has 2 nitrogen and oxygen atoms in total. The van der Waals surface area contributed by atoms with Gasteiger partial charge in [-0.05, 0) is 30.5 Å². The first-order valence-corrected chi connectivity index (χ1v) is 6.16. The molecule has 0 aliphatic heterocycles. The van der Waals surface area contributed by atoms with Crippen LogP contribution < -0.4 is 0 Å². The Morgan fingerprint density at radius 2 is 1.88 bits per heavy atom. The van der Waals surface area contributed by atoms with Gasteiger partial charge in [0.25, 0.3) is 0 Å². The predicted octanol–water partition coefficient (Wildman–Crippen LogP) is 3.12. The SMILES string of the molecule is N#Cc1ccc(/C=C/[C@@H]2CCCC[C@H]2O)cc1. The summed E-state index contributed by atoms with van der Waals surface area (Å²) in [5.41, 5.74) is 1.77. The Labute approximate surface area is 102 Å². The number of aliphatic hydroxyl groups is 1. The van der Waals surface area contributed by atoms with Crippen LogP contribution in [0, 0.1) is 17.2 Å². The molecule has 1 aromatic carbocycles. The van der Waals surface area contributed by atoms with Crippen molar-refractivity contribution in [1.82, 2.24) is 0 Å². The highest BCUT2D eigenvalue weighted by atomic mass is 16.3. The number of rotatable bonds is 2. The molecule has 0 saturated heterocycles. The van der Waals surface area contributed by atoms with Gasteiger partial charge >= 0.3 is 0 Å². The molecule has 2 atom stereocenters. The molecule has 0 aromatic heterocycles. The van der Waals surface area contributed by atoms with E-state index in [0.29, 0.717) is 11.5 Å². The molecule has 2 rings (SSSR count). The summed E-state index contributed by atoms with van der Waals surface area (Å²) in [6, 6.07) is 9.61. The van der Waals surface area contributed by atoms with Crippen LogP contribution in [0.1, 0.15) is 36.8 Å². The van der Waals surface area contributed by atoms with Crippen molar-refractivity contribution in [3.63, 3.8) is 0 Å². The summed E-state index contributed by atoms with van der Waals surface area (Å²) < 4.78 is 0. The third kappa shape index (κ3) is 3.18. The van der Waals surface area contributed by atoms with Crippen LogP contribution >= 0.6 is 0 Å². The van der Waals surface area contributed by atoms with E-state index >= 15 is 0 Å². The van der Waals surface area contributed by atoms with Gasteiger partial charge in [-0.2, -0.15) is 5.26 Å². The molecule has 0 radical (unpaired) electrons. The Morgan fingerprint density at radius 1 is 1.18 bits per heavy atom. The molecule has 1 aliphatic carbocycles. The normalized spacial score (nSPS) is 24.7. The first-order valence-electron chi connectivity index (χ1n) is 6.16. The van der Waals surface area contributed by atoms with Gasteiger partial charge in [-0.3, -0.25) is 0 Å². The van der Waals surface area contributed by atoms with Gasteiger partial charge in [0.05, 0.1) is 17.7 Å². The minimum absolute atomic E-state index is 0.182. The van der Waals surface area contributed by atoms with E-state index in [-0.39, 0.29) is 6.10 Å². The summed E-state index contributed by atoms with van der Waals surface area (Å²) in [6.07, 6.45) is 8.31. The number of nitrogens with zero attached hydrogens (tertiary/aromatic N) is 1. The average molecular weight is 227 g/mol. The molecule has 0 bridgehead atoms. The lowest BCUT2D eigenvalue weighted by Gasteiger charge is -2.24. The summed E-state index contributed by atoms with van der Waals surface area (Å²) in [6.45, 7) is 0. The summed E-state index contributed by atoms with van der Waals surface area (Å²) >= 11 is 0. The summed E-state index contributed by atoms with van der Waals surface area (Å²) in [5, 5.41) is 18.5. The van der Waals surface area contributed by atoms with Gasteiger partial charge in [-0.15, -0.1) is 0 Å². The highest BCUT2D eigenvalue weighted by Gasteiger charge is 2.19. The van der Waals surface area contributed by atoms with Crippen LogP contribution in [-0.2, 0) is 0 Å². The Morgan fingerprint density at radius 3 is 2.53 bits per heavy atom. The van der Waals surface area contributed by atoms with E-state index in [2.05, 4.69) is 12.1 Å². The first-order chi connectivity index (χ1) is 8.29. The van der Waals surface area contributed by atoms with Crippen molar-refractivity contribution >= 4 is 6.08 Å². The zero-order chi connectivity index (χ0) is 12.1. The Hall–Kier alpha value is -1.59. The van der Waals surface area contributed by atoms with Gasteiger partial charge in [0.15, 0.2) is 0 Å². The van der Waals surface area contributed by atoms with Crippen molar-refractivity contribution in [2.24, 2.45) is 5.92 Å². The van der Waals surface area contributed by atoms with Crippen LogP contribution in [0.5, 0.6) is 0 Å². The standard InChI is InChI=1S/C15H17NO/c16-11-13-7-5-12(6-8-13)9-10-14-3-1-2-4-15(14)17/h5-10,14-15,17H,1-4H2/b10-9+/t14-,15+/m0/s1. The summed E-state index contributed by atoms with van der Waals surface area (Å²) in [7, 11) is 0. The van der Waals surface area contributed by atoms with E-state index in [9.17, 15) is 5.11 Å². The van der Waals surface area contributed by atoms with Crippen LogP contribution in [0.3, 0.4) is 0 Å². The molecule has 1 saturated carbocycles. The molecule has 1 fully saturated rings. The van der Waals surface area contributed by atoms with Gasteiger partial charge in [0, 0.05) is 5.92 Å². The fourth-order valence-electron chi connectivity index (χ4n) is 2.27. The van der Waals surface area contributed by atoms with Crippen LogP contribution in [0.25, 0.3) is 6.08 Å². The molecule has 0 unspecified atom stereocenters. The molecule has 0 spiro atoms. The van der Waals surface area contributed by atoms with E-state index in [1.54, 1.807) is 0 Å². The van der Waals surface area contributed by atoms with Crippen LogP contribution in [0.2, 0.25) is 0 Å². The smallest absolute Gasteiger partial charge is 0.0991 e. The second-order valence-corrected chi connectivity index (χ2v) is 4.61. The molecule has 17 heavy (non-hydrogen) atoms. The molecular formula is C15H17NO. The minimum atomic E-state index is -0.182. The van der Waals surface area contributed by atoms with Crippen molar-refractivity contribution < 1.29 is 5.11 Å². The highest BCUT2D eigenvalue weighted by Crippen LogP contribution is 2.25. The quantitative estimate of drug-likeness (QED) is 0.843. The Kier molecular flexibility index (Phi) is 3.95. The number of aliphatic hydroxyl groups excluding tert-OH is 1. The Balaban J connectivity index is 2.01. The number of hydrogen-bond acceptors (Lipinski definition) is 2. The fraction of sp³-hybridized carbons (Fsp3) is 0.400. The molecule has 1 aliphatic rings. The maximum Gasteiger partial charge on any atom is 0.0991 e. The Bertz CT molecular complexity index is 427. The van der Waals surface area contributed by atoms with E-state index in [4.69, 9.17) is 5.26 Å². The first kappa shape index (κ1) is 11.9. The van der Waals surface area contributed by atoms with Crippen LogP contribution in [-0.4, -0.2) is 11.2 Å². The van der Waals surface area contributed by atoms with E-state index in [1.807, 2.05) is 30.3 Å². The highest BCUT2D eigenvalue weighted by molar-refractivity contribution is 5.51. The lowest BCUT2D eigenvalue weighted by Crippen LogP contribution is -2.22. The zero-order valence-corrected chi connectivity index (χ0v) is 9.84. The minimum Gasteiger partial charge on any atom is -0.393 e. The second-order valence-electron chi connectivity index (χ2n) is 4.61. The maximum atomic E-state index is 9.83. The van der Waals surface area contributed by atoms with E-state index < -0.39 is 0 Å². The van der Waals surface area contributed by atoms with Crippen molar-refractivity contribution in [2.45, 2.75) is 31.8 Å². The van der Waals surface area contributed by atoms with Crippen molar-refractivity contribution in [2.75, 3.05) is 0 Å². The van der Waals surface area contributed by atoms with Crippen molar-refractivity contribution in [3.8, 4) is 6.07 Å². The molecule has 88 valence electrons. The molecule has 1 N–H and O–H groups in total. The molecular weight excluding hydrogens is 210 g/mol. The van der Waals surface area contributed by atoms with Crippen molar-refractivity contribution in [1.29, 1.82) is 5.26 Å². The summed E-state index contributed by atoms with van der Waals surface area (Å²) in [4.78, 5) is 0. The number of benzene rings is 1. The van der Waals surface area contributed by atoms with E-state index in [0.717, 1.165) is 24.8 Å². The lowest BCUT2D eigenvalue weighted by molar-refractivity contribution is 0.0931. The lowest BCUT2D eigenvalue weighted by atomic mass is 9.86. The maximum absolute atomic E-state index is 9.83. The third-order valence-electron chi connectivity index (χ3n) is 3.36. The van der Waals surface area contributed by atoms with E-state index in [1.165, 1.54) is 6.42 Å².